The first-order chi connectivity index (χ1) is 19.4. The van der Waals surface area contributed by atoms with E-state index < -0.39 is 58.0 Å². The lowest BCUT2D eigenvalue weighted by molar-refractivity contribution is -0.153. The van der Waals surface area contributed by atoms with Crippen LogP contribution < -0.4 is 10.5 Å². The summed E-state index contributed by atoms with van der Waals surface area (Å²) in [5.74, 6) is -6.41. The van der Waals surface area contributed by atoms with Gasteiger partial charge in [-0.25, -0.2) is 0 Å². The molecule has 3 aliphatic carbocycles. The Morgan fingerprint density at radius 3 is 2.56 bits per heavy atom. The number of amides is 1. The van der Waals surface area contributed by atoms with Crippen LogP contribution in [0.15, 0.2) is 23.0 Å². The van der Waals surface area contributed by atoms with Gasteiger partial charge in [-0.1, -0.05) is 0 Å². The number of rotatable bonds is 7. The number of fused-ring (bicyclic) bond motifs is 3. The summed E-state index contributed by atoms with van der Waals surface area (Å²) in [6, 6.07) is 0.292. The molecule has 12 nitrogen and oxygen atoms in total. The molecule has 1 heterocycles. The Labute approximate surface area is 237 Å². The lowest BCUT2D eigenvalue weighted by Gasteiger charge is -2.50. The van der Waals surface area contributed by atoms with Crippen molar-refractivity contribution in [3.05, 3.63) is 39.7 Å². The first kappa shape index (κ1) is 29.1. The third kappa shape index (κ3) is 4.15. The van der Waals surface area contributed by atoms with Crippen LogP contribution in [0.3, 0.4) is 0 Å². The second kappa shape index (κ2) is 10.4. The van der Waals surface area contributed by atoms with E-state index in [-0.39, 0.29) is 42.4 Å². The van der Waals surface area contributed by atoms with E-state index >= 15 is 0 Å². The number of carbonyl (C=O) groups is 3. The molecule has 5 rings (SSSR count). The minimum absolute atomic E-state index is 0.00166. The largest absolute Gasteiger partial charge is 0.508 e. The lowest BCUT2D eigenvalue weighted by Crippen LogP contribution is -2.65. The van der Waals surface area contributed by atoms with E-state index in [1.807, 2.05) is 0 Å². The molecule has 12 heteroatoms. The van der Waals surface area contributed by atoms with Crippen molar-refractivity contribution in [1.29, 1.82) is 0 Å². The second-order valence-electron chi connectivity index (χ2n) is 11.6. The number of primary amides is 1. The number of ketones is 2. The minimum Gasteiger partial charge on any atom is -0.508 e. The van der Waals surface area contributed by atoms with Gasteiger partial charge in [-0.2, -0.15) is 0 Å². The van der Waals surface area contributed by atoms with Crippen molar-refractivity contribution < 1.29 is 44.7 Å². The molecule has 1 aliphatic heterocycles. The van der Waals surface area contributed by atoms with Gasteiger partial charge in [0.1, 0.15) is 28.6 Å². The fourth-order valence-electron chi connectivity index (χ4n) is 7.53. The average Bonchev–Trinajstić information content (AvgIpc) is 3.37. The number of methoxy groups -OCH3 is 1. The molecule has 1 aromatic rings. The number of ether oxygens (including phenoxy) is 1. The quantitative estimate of drug-likeness (QED) is 0.249. The highest BCUT2D eigenvalue weighted by Gasteiger charge is 2.64. The summed E-state index contributed by atoms with van der Waals surface area (Å²) in [5, 5.41) is 54.7. The smallest absolute Gasteiger partial charge is 0.255 e. The number of benzene rings is 1. The second-order valence-corrected chi connectivity index (χ2v) is 11.6. The average molecular weight is 572 g/mol. The number of phenolic OH excluding ortho intramolecular Hbond substituents is 1. The molecule has 4 aliphatic rings. The fraction of sp³-hybridized carbons (Fsp3) is 0.552. The van der Waals surface area contributed by atoms with Crippen LogP contribution in [0.25, 0.3) is 5.76 Å². The molecule has 2 fully saturated rings. The zero-order valence-corrected chi connectivity index (χ0v) is 23.4. The van der Waals surface area contributed by atoms with Crippen molar-refractivity contribution in [2.45, 2.75) is 49.8 Å². The molecule has 41 heavy (non-hydrogen) atoms. The van der Waals surface area contributed by atoms with Crippen LogP contribution in [0.4, 0.5) is 0 Å². The SMILES string of the molecule is COc1c(C2CCCN2CCCO)cc(O)c2c1C[C@H]1C[C@H]3[C@H](N(C)C)C(=O)C(C(N)=O)=C(O)[C@@]3(O)C(=O)C1=C2O. The van der Waals surface area contributed by atoms with Crippen LogP contribution >= 0.6 is 0 Å². The molecule has 0 spiro atoms. The highest BCUT2D eigenvalue weighted by atomic mass is 16.5. The van der Waals surface area contributed by atoms with Gasteiger partial charge in [0.2, 0.25) is 5.78 Å². The molecule has 1 saturated carbocycles. The van der Waals surface area contributed by atoms with Gasteiger partial charge in [0, 0.05) is 41.8 Å². The summed E-state index contributed by atoms with van der Waals surface area (Å²) in [5.41, 5.74) is 2.89. The molecule has 1 saturated heterocycles. The molecule has 1 unspecified atom stereocenters. The summed E-state index contributed by atoms with van der Waals surface area (Å²) in [4.78, 5) is 43.1. The van der Waals surface area contributed by atoms with Gasteiger partial charge in [0.05, 0.1) is 18.7 Å². The van der Waals surface area contributed by atoms with Crippen LogP contribution in [0, 0.1) is 11.8 Å². The number of aromatic hydroxyl groups is 1. The number of likely N-dealkylation sites (N-methyl/N-ethyl adjacent to an activating group) is 1. The number of phenols is 1. The van der Waals surface area contributed by atoms with E-state index in [1.54, 1.807) is 14.1 Å². The topological polar surface area (TPSA) is 194 Å². The van der Waals surface area contributed by atoms with Gasteiger partial charge in [0.15, 0.2) is 11.4 Å². The lowest BCUT2D eigenvalue weighted by atomic mass is 9.57. The summed E-state index contributed by atoms with van der Waals surface area (Å²) in [6.07, 6.45) is 2.49. The maximum absolute atomic E-state index is 14.0. The molecule has 0 bridgehead atoms. The molecule has 1 amide bonds. The molecule has 1 aromatic carbocycles. The summed E-state index contributed by atoms with van der Waals surface area (Å²) in [6.45, 7) is 1.55. The van der Waals surface area contributed by atoms with Crippen molar-refractivity contribution in [3.8, 4) is 11.5 Å². The van der Waals surface area contributed by atoms with Crippen molar-refractivity contribution >= 4 is 23.2 Å². The third-order valence-electron chi connectivity index (χ3n) is 9.23. The first-order valence-corrected chi connectivity index (χ1v) is 13.8. The van der Waals surface area contributed by atoms with E-state index in [4.69, 9.17) is 10.5 Å². The van der Waals surface area contributed by atoms with Crippen molar-refractivity contribution in [2.24, 2.45) is 17.6 Å². The number of likely N-dealkylation sites (tertiary alicyclic amines) is 1. The summed E-state index contributed by atoms with van der Waals surface area (Å²) < 4.78 is 5.86. The number of carbonyl (C=O) groups excluding carboxylic acids is 3. The van der Waals surface area contributed by atoms with E-state index in [0.29, 0.717) is 24.3 Å². The Hall–Kier alpha value is -3.45. The normalized spacial score (nSPS) is 30.0. The number of Topliss-reactive ketones (excluding diaryl/α,β-unsaturated/α-hetero) is 2. The molecule has 222 valence electrons. The van der Waals surface area contributed by atoms with Gasteiger partial charge >= 0.3 is 0 Å². The molecule has 0 aromatic heterocycles. The zero-order chi connectivity index (χ0) is 30.0. The molecular weight excluding hydrogens is 534 g/mol. The van der Waals surface area contributed by atoms with Crippen LogP contribution in [0.2, 0.25) is 0 Å². The minimum atomic E-state index is -2.68. The molecule has 7 N–H and O–H groups in total. The van der Waals surface area contributed by atoms with Crippen LogP contribution in [0.1, 0.15) is 48.4 Å². The van der Waals surface area contributed by atoms with Crippen molar-refractivity contribution in [1.82, 2.24) is 9.80 Å². The van der Waals surface area contributed by atoms with E-state index in [9.17, 15) is 39.9 Å². The third-order valence-corrected chi connectivity index (χ3v) is 9.23. The van der Waals surface area contributed by atoms with E-state index in [1.165, 1.54) is 18.1 Å². The van der Waals surface area contributed by atoms with Crippen LogP contribution in [-0.4, -0.2) is 105 Å². The first-order valence-electron chi connectivity index (χ1n) is 13.8. The Kier molecular flexibility index (Phi) is 7.39. The Morgan fingerprint density at radius 2 is 1.95 bits per heavy atom. The number of nitrogens with zero attached hydrogens (tertiary/aromatic N) is 2. The standard InChI is InChI=1S/C29H37N3O9/c1-31(2)22-16-11-13-10-15-20(18(34)12-14(25(15)41-3)17-6-4-7-32(17)8-5-9-33)23(35)19(13)26(37)29(16,40)27(38)21(24(22)36)28(30)39/h12-13,16-17,22,33-35,38,40H,4-11H2,1-3H3,(H2,30,39)/t13-,16-,17?,22-,29-/m0/s1. The van der Waals surface area contributed by atoms with Crippen LogP contribution in [-0.2, 0) is 20.8 Å². The maximum atomic E-state index is 14.0. The van der Waals surface area contributed by atoms with Gasteiger partial charge in [-0.3, -0.25) is 24.2 Å². The van der Waals surface area contributed by atoms with E-state index in [0.717, 1.165) is 24.9 Å². The number of hydrogen-bond acceptors (Lipinski definition) is 11. The maximum Gasteiger partial charge on any atom is 0.255 e. The Morgan fingerprint density at radius 1 is 1.24 bits per heavy atom. The number of hydrogen-bond donors (Lipinski definition) is 6. The summed E-state index contributed by atoms with van der Waals surface area (Å²) in [7, 11) is 4.62. The van der Waals surface area contributed by atoms with Crippen molar-refractivity contribution in [2.75, 3.05) is 40.9 Å². The van der Waals surface area contributed by atoms with Crippen molar-refractivity contribution in [3.63, 3.8) is 0 Å². The highest BCUT2D eigenvalue weighted by molar-refractivity contribution is 6.24. The number of nitrogens with two attached hydrogens (primary N) is 1. The Bertz CT molecular complexity index is 1380. The predicted molar refractivity (Wildman–Crippen MR) is 146 cm³/mol. The summed E-state index contributed by atoms with van der Waals surface area (Å²) >= 11 is 0. The number of aliphatic hydroxyl groups is 4. The predicted octanol–water partition coefficient (Wildman–Crippen LogP) is 0.492. The van der Waals surface area contributed by atoms with Gasteiger partial charge in [-0.05, 0) is 64.7 Å². The molecule has 0 radical (unpaired) electrons. The van der Waals surface area contributed by atoms with Gasteiger partial charge < -0.3 is 36.0 Å². The van der Waals surface area contributed by atoms with Gasteiger partial charge in [0.25, 0.3) is 5.91 Å². The Balaban J connectivity index is 1.67. The van der Waals surface area contributed by atoms with E-state index in [2.05, 4.69) is 4.90 Å². The molecular formula is C29H37N3O9. The highest BCUT2D eigenvalue weighted by Crippen LogP contribution is 2.55. The molecule has 5 atom stereocenters. The van der Waals surface area contributed by atoms with Gasteiger partial charge in [-0.15, -0.1) is 0 Å². The fourth-order valence-corrected chi connectivity index (χ4v) is 7.53. The van der Waals surface area contributed by atoms with Crippen LogP contribution in [0.5, 0.6) is 11.5 Å². The number of aliphatic hydroxyl groups excluding tert-OH is 3. The monoisotopic (exact) mass is 571 g/mol. The zero-order valence-electron chi connectivity index (χ0n) is 23.4.